The number of carbonyl (C=O) groups excluding carboxylic acids is 3. The van der Waals surface area contributed by atoms with Gasteiger partial charge >= 0.3 is 11.9 Å². The minimum atomic E-state index is -0.828. The van der Waals surface area contributed by atoms with E-state index in [1.807, 2.05) is 18.2 Å². The van der Waals surface area contributed by atoms with Crippen molar-refractivity contribution in [3.8, 4) is 0 Å². The lowest BCUT2D eigenvalue weighted by Gasteiger charge is -2.38. The first-order chi connectivity index (χ1) is 12.0. The third kappa shape index (κ3) is 2.42. The van der Waals surface area contributed by atoms with Crippen molar-refractivity contribution in [3.05, 3.63) is 29.3 Å². The normalized spacial score (nSPS) is 26.2. The molecule has 132 valence electrons. The number of likely N-dealkylation sites (tertiary alicyclic amines) is 1. The third-order valence-corrected chi connectivity index (χ3v) is 5.82. The van der Waals surface area contributed by atoms with Crippen molar-refractivity contribution < 1.29 is 19.1 Å². The molecular weight excluding hydrogens is 320 g/mol. The third-order valence-electron chi connectivity index (χ3n) is 5.82. The molecule has 2 aliphatic heterocycles. The Morgan fingerprint density at radius 1 is 1.28 bits per heavy atom. The van der Waals surface area contributed by atoms with Gasteiger partial charge in [-0.15, -0.1) is 0 Å². The molecule has 1 aromatic carbocycles. The quantitative estimate of drug-likeness (QED) is 0.627. The summed E-state index contributed by atoms with van der Waals surface area (Å²) in [5.74, 6) is -0.999. The smallest absolute Gasteiger partial charge is 0.396 e. The fourth-order valence-electron chi connectivity index (χ4n) is 4.20. The molecule has 1 aromatic rings. The molecule has 1 aliphatic carbocycles. The summed E-state index contributed by atoms with van der Waals surface area (Å²) >= 11 is 0. The minimum Gasteiger partial charge on any atom is -0.462 e. The number of amides is 2. The summed E-state index contributed by atoms with van der Waals surface area (Å²) in [7, 11) is 1.22. The molecule has 2 heterocycles. The molecule has 1 unspecified atom stereocenters. The van der Waals surface area contributed by atoms with Crippen LogP contribution in [0.15, 0.2) is 18.2 Å². The maximum Gasteiger partial charge on any atom is 0.396 e. The number of esters is 1. The summed E-state index contributed by atoms with van der Waals surface area (Å²) in [6.07, 6.45) is 3.59. The Morgan fingerprint density at radius 2 is 2.04 bits per heavy atom. The van der Waals surface area contributed by atoms with Crippen molar-refractivity contribution >= 4 is 23.5 Å². The summed E-state index contributed by atoms with van der Waals surface area (Å²) in [5, 5.41) is 2.98. The second-order valence-electron chi connectivity index (χ2n) is 7.49. The Hall–Kier alpha value is -2.37. The van der Waals surface area contributed by atoms with E-state index in [0.717, 1.165) is 42.5 Å². The zero-order valence-electron chi connectivity index (χ0n) is 14.5. The number of hydrogen-bond donors (Lipinski definition) is 1. The Kier molecular flexibility index (Phi) is 3.60. The van der Waals surface area contributed by atoms with Gasteiger partial charge in [-0.25, -0.2) is 4.79 Å². The van der Waals surface area contributed by atoms with Crippen LogP contribution in [-0.2, 0) is 24.5 Å². The van der Waals surface area contributed by atoms with E-state index in [1.54, 1.807) is 4.90 Å². The lowest BCUT2D eigenvalue weighted by atomic mass is 9.88. The summed E-state index contributed by atoms with van der Waals surface area (Å²) in [4.78, 5) is 38.0. The number of methoxy groups -OCH3 is 1. The summed E-state index contributed by atoms with van der Waals surface area (Å²) in [6.45, 7) is 2.61. The molecule has 3 aliphatic rings. The van der Waals surface area contributed by atoms with Crippen LogP contribution in [0.2, 0.25) is 0 Å². The molecule has 4 rings (SSSR count). The fraction of sp³-hybridized carbons (Fsp3) is 0.526. The van der Waals surface area contributed by atoms with Crippen molar-refractivity contribution in [1.29, 1.82) is 0 Å². The number of anilines is 1. The lowest BCUT2D eigenvalue weighted by Crippen LogP contribution is -2.45. The van der Waals surface area contributed by atoms with Gasteiger partial charge in [0.25, 0.3) is 0 Å². The Labute approximate surface area is 146 Å². The molecule has 2 atom stereocenters. The highest BCUT2D eigenvalue weighted by atomic mass is 16.5. The van der Waals surface area contributed by atoms with Gasteiger partial charge in [-0.2, -0.15) is 0 Å². The maximum atomic E-state index is 12.4. The number of hydrogen-bond acceptors (Lipinski definition) is 4. The highest BCUT2D eigenvalue weighted by Gasteiger charge is 2.56. The first kappa shape index (κ1) is 16.1. The maximum absolute atomic E-state index is 12.4. The van der Waals surface area contributed by atoms with Crippen LogP contribution < -0.4 is 5.32 Å². The van der Waals surface area contributed by atoms with Crippen LogP contribution in [0.1, 0.15) is 49.8 Å². The Balaban J connectivity index is 1.66. The molecule has 1 saturated heterocycles. The van der Waals surface area contributed by atoms with Crippen LogP contribution in [0, 0.1) is 5.92 Å². The number of nitrogens with zero attached hydrogens (tertiary/aromatic N) is 1. The predicted octanol–water partition coefficient (Wildman–Crippen LogP) is 2.14. The average molecular weight is 342 g/mol. The second kappa shape index (κ2) is 5.58. The van der Waals surface area contributed by atoms with Gasteiger partial charge in [-0.05, 0) is 48.8 Å². The minimum absolute atomic E-state index is 0.0828. The molecule has 0 aromatic heterocycles. The van der Waals surface area contributed by atoms with Gasteiger partial charge in [0.2, 0.25) is 5.91 Å². The van der Waals surface area contributed by atoms with E-state index < -0.39 is 11.9 Å². The highest BCUT2D eigenvalue weighted by molar-refractivity contribution is 6.32. The van der Waals surface area contributed by atoms with E-state index in [4.69, 9.17) is 0 Å². The largest absolute Gasteiger partial charge is 0.462 e. The van der Waals surface area contributed by atoms with Gasteiger partial charge in [0.1, 0.15) is 0 Å². The van der Waals surface area contributed by atoms with Crippen LogP contribution in [0.3, 0.4) is 0 Å². The molecule has 6 nitrogen and oxygen atoms in total. The molecule has 1 N–H and O–H groups in total. The van der Waals surface area contributed by atoms with Gasteiger partial charge in [-0.3, -0.25) is 9.59 Å². The van der Waals surface area contributed by atoms with Crippen molar-refractivity contribution in [2.75, 3.05) is 19.0 Å². The van der Waals surface area contributed by atoms with Crippen molar-refractivity contribution in [2.24, 2.45) is 5.92 Å². The van der Waals surface area contributed by atoms with Crippen LogP contribution in [-0.4, -0.2) is 36.3 Å². The van der Waals surface area contributed by atoms with Crippen LogP contribution in [0.5, 0.6) is 0 Å². The molecule has 25 heavy (non-hydrogen) atoms. The average Bonchev–Trinajstić information content (AvgIpc) is 3.36. The van der Waals surface area contributed by atoms with Gasteiger partial charge in [0, 0.05) is 12.2 Å². The number of ether oxygens (including phenoxy) is 1. The fourth-order valence-corrected chi connectivity index (χ4v) is 4.20. The van der Waals surface area contributed by atoms with Gasteiger partial charge in [0.05, 0.1) is 18.6 Å². The predicted molar refractivity (Wildman–Crippen MR) is 90.9 cm³/mol. The van der Waals surface area contributed by atoms with Crippen LogP contribution in [0.4, 0.5) is 5.69 Å². The van der Waals surface area contributed by atoms with Crippen molar-refractivity contribution in [3.63, 3.8) is 0 Å². The number of benzene rings is 1. The highest BCUT2D eigenvalue weighted by Crippen LogP contribution is 2.55. The van der Waals surface area contributed by atoms with Crippen LogP contribution >= 0.6 is 0 Å². The molecule has 1 spiro atoms. The summed E-state index contributed by atoms with van der Waals surface area (Å²) in [5.41, 5.74) is 2.57. The molecule has 2 fully saturated rings. The van der Waals surface area contributed by atoms with E-state index in [-0.39, 0.29) is 17.4 Å². The van der Waals surface area contributed by atoms with Gasteiger partial charge in [0.15, 0.2) is 0 Å². The lowest BCUT2D eigenvalue weighted by molar-refractivity contribution is -0.160. The topological polar surface area (TPSA) is 75.7 Å². The molecule has 1 saturated carbocycles. The first-order valence-electron chi connectivity index (χ1n) is 8.81. The zero-order chi connectivity index (χ0) is 17.8. The van der Waals surface area contributed by atoms with Gasteiger partial charge in [-0.1, -0.05) is 19.1 Å². The van der Waals surface area contributed by atoms with E-state index in [9.17, 15) is 14.4 Å². The van der Waals surface area contributed by atoms with E-state index >= 15 is 0 Å². The first-order valence-corrected chi connectivity index (χ1v) is 8.81. The van der Waals surface area contributed by atoms with E-state index in [2.05, 4.69) is 17.0 Å². The standard InChI is InChI=1S/C19H22N2O4/c1-11-3-6-15(21(10-11)16(22)17(23)25-2)12-4-5-13-14(9-12)20-18(24)19(13)7-8-19/h4-5,9,11,15H,3,6-8,10H2,1-2H3,(H,20,24)/t11-,15?/m0/s1. The van der Waals surface area contributed by atoms with Crippen molar-refractivity contribution in [1.82, 2.24) is 4.90 Å². The number of rotatable bonds is 1. The van der Waals surface area contributed by atoms with E-state index in [0.29, 0.717) is 12.5 Å². The number of piperidine rings is 1. The summed E-state index contributed by atoms with van der Waals surface area (Å²) in [6, 6.07) is 5.81. The zero-order valence-corrected chi connectivity index (χ0v) is 14.5. The van der Waals surface area contributed by atoms with Crippen molar-refractivity contribution in [2.45, 2.75) is 44.1 Å². The molecule has 0 radical (unpaired) electrons. The number of carbonyl (C=O) groups is 3. The van der Waals surface area contributed by atoms with Gasteiger partial charge < -0.3 is 15.0 Å². The number of nitrogens with one attached hydrogen (secondary N) is 1. The monoisotopic (exact) mass is 342 g/mol. The van der Waals surface area contributed by atoms with Crippen LogP contribution in [0.25, 0.3) is 0 Å². The molecule has 6 heteroatoms. The van der Waals surface area contributed by atoms with E-state index in [1.165, 1.54) is 7.11 Å². The summed E-state index contributed by atoms with van der Waals surface area (Å²) < 4.78 is 4.62. The number of fused-ring (bicyclic) bond motifs is 2. The molecule has 0 bridgehead atoms. The second-order valence-corrected chi connectivity index (χ2v) is 7.49. The Morgan fingerprint density at radius 3 is 2.72 bits per heavy atom. The Bertz CT molecular complexity index is 769. The SMILES string of the molecule is COC(=O)C(=O)N1C[C@@H](C)CCC1c1ccc2c(c1)NC(=O)C21CC1. The molecular formula is C19H22N2O4. The molecule has 2 amide bonds.